The summed E-state index contributed by atoms with van der Waals surface area (Å²) in [4.78, 5) is 23.2. The Morgan fingerprint density at radius 1 is 1.40 bits per heavy atom. The number of aromatic nitrogens is 4. The van der Waals surface area contributed by atoms with Gasteiger partial charge in [0.1, 0.15) is 12.1 Å². The molecule has 1 amide bonds. The second-order valence-electron chi connectivity index (χ2n) is 7.85. The van der Waals surface area contributed by atoms with Crippen molar-refractivity contribution >= 4 is 17.5 Å². The summed E-state index contributed by atoms with van der Waals surface area (Å²) in [7, 11) is 0. The SMILES string of the molecule is CCc1cc(N2CCCC(CNC(=O)C(C)(C)C)C2)n2ncnc2n1. The largest absolute Gasteiger partial charge is 0.356 e. The molecule has 0 aromatic carbocycles. The van der Waals surface area contributed by atoms with Crippen molar-refractivity contribution in [1.82, 2.24) is 24.9 Å². The second-order valence-corrected chi connectivity index (χ2v) is 7.85. The zero-order valence-corrected chi connectivity index (χ0v) is 15.6. The molecule has 3 heterocycles. The molecule has 7 heteroatoms. The van der Waals surface area contributed by atoms with Crippen molar-refractivity contribution in [3.8, 4) is 0 Å². The molecule has 0 saturated carbocycles. The van der Waals surface area contributed by atoms with E-state index in [4.69, 9.17) is 0 Å². The van der Waals surface area contributed by atoms with Crippen LogP contribution in [0.1, 0.15) is 46.2 Å². The average molecular weight is 344 g/mol. The van der Waals surface area contributed by atoms with Gasteiger partial charge in [0.15, 0.2) is 0 Å². The van der Waals surface area contributed by atoms with E-state index in [1.54, 1.807) is 6.33 Å². The van der Waals surface area contributed by atoms with Crippen LogP contribution in [0.3, 0.4) is 0 Å². The van der Waals surface area contributed by atoms with E-state index in [1.165, 1.54) is 0 Å². The number of fused-ring (bicyclic) bond motifs is 1. The molecule has 7 nitrogen and oxygen atoms in total. The Bertz CT molecular complexity index is 748. The Labute approximate surface area is 148 Å². The van der Waals surface area contributed by atoms with E-state index < -0.39 is 0 Å². The molecule has 1 saturated heterocycles. The lowest BCUT2D eigenvalue weighted by Crippen LogP contribution is -2.44. The van der Waals surface area contributed by atoms with Gasteiger partial charge in [-0.1, -0.05) is 27.7 Å². The number of carbonyl (C=O) groups is 1. The van der Waals surface area contributed by atoms with Crippen molar-refractivity contribution in [2.45, 2.75) is 47.0 Å². The van der Waals surface area contributed by atoms with Gasteiger partial charge in [0.2, 0.25) is 5.91 Å². The van der Waals surface area contributed by atoms with Crippen molar-refractivity contribution < 1.29 is 4.79 Å². The van der Waals surface area contributed by atoms with Crippen LogP contribution in [-0.2, 0) is 11.2 Å². The lowest BCUT2D eigenvalue weighted by Gasteiger charge is -2.34. The van der Waals surface area contributed by atoms with Crippen molar-refractivity contribution in [3.63, 3.8) is 0 Å². The van der Waals surface area contributed by atoms with E-state index in [2.05, 4.69) is 38.3 Å². The predicted octanol–water partition coefficient (Wildman–Crippen LogP) is 2.07. The first kappa shape index (κ1) is 17.6. The van der Waals surface area contributed by atoms with E-state index in [0.29, 0.717) is 11.7 Å². The molecule has 1 atom stereocenters. The second kappa shape index (κ2) is 6.98. The highest BCUT2D eigenvalue weighted by Gasteiger charge is 2.26. The Morgan fingerprint density at radius 2 is 2.20 bits per heavy atom. The van der Waals surface area contributed by atoms with E-state index in [0.717, 1.165) is 50.4 Å². The van der Waals surface area contributed by atoms with Crippen molar-refractivity contribution in [2.24, 2.45) is 11.3 Å². The van der Waals surface area contributed by atoms with Gasteiger partial charge in [0.25, 0.3) is 5.78 Å². The lowest BCUT2D eigenvalue weighted by atomic mass is 9.94. The number of aryl methyl sites for hydroxylation is 1. The van der Waals surface area contributed by atoms with Crippen LogP contribution >= 0.6 is 0 Å². The van der Waals surface area contributed by atoms with E-state index in [1.807, 2.05) is 25.3 Å². The molecule has 2 aromatic heterocycles. The van der Waals surface area contributed by atoms with Gasteiger partial charge in [-0.2, -0.15) is 14.6 Å². The molecule has 1 fully saturated rings. The van der Waals surface area contributed by atoms with Crippen molar-refractivity contribution in [2.75, 3.05) is 24.5 Å². The van der Waals surface area contributed by atoms with Crippen LogP contribution in [0.2, 0.25) is 0 Å². The first-order valence-corrected chi connectivity index (χ1v) is 9.11. The van der Waals surface area contributed by atoms with Crippen LogP contribution in [0.4, 0.5) is 5.82 Å². The third-order valence-corrected chi connectivity index (χ3v) is 4.72. The molecule has 0 spiro atoms. The van der Waals surface area contributed by atoms with Gasteiger partial charge in [0.05, 0.1) is 0 Å². The van der Waals surface area contributed by atoms with Crippen LogP contribution in [0, 0.1) is 11.3 Å². The molecule has 3 rings (SSSR count). The molecule has 1 N–H and O–H groups in total. The van der Waals surface area contributed by atoms with Gasteiger partial charge < -0.3 is 10.2 Å². The zero-order valence-electron chi connectivity index (χ0n) is 15.6. The maximum absolute atomic E-state index is 12.1. The fourth-order valence-corrected chi connectivity index (χ4v) is 3.19. The molecule has 1 unspecified atom stereocenters. The van der Waals surface area contributed by atoms with Gasteiger partial charge in [-0.25, -0.2) is 4.98 Å². The topological polar surface area (TPSA) is 75.4 Å². The standard InChI is InChI=1S/C18H28N6O/c1-5-14-9-15(24-17(22-14)20-12-21-24)23-8-6-7-13(11-23)10-19-16(25)18(2,3)4/h9,12-13H,5-8,10-11H2,1-4H3,(H,19,25). The normalized spacial score (nSPS) is 18.6. The summed E-state index contributed by atoms with van der Waals surface area (Å²) in [6.45, 7) is 10.6. The summed E-state index contributed by atoms with van der Waals surface area (Å²) in [5, 5.41) is 7.44. The minimum Gasteiger partial charge on any atom is -0.356 e. The monoisotopic (exact) mass is 344 g/mol. The number of hydrogen-bond acceptors (Lipinski definition) is 5. The smallest absolute Gasteiger partial charge is 0.254 e. The molecular weight excluding hydrogens is 316 g/mol. The quantitative estimate of drug-likeness (QED) is 0.919. The summed E-state index contributed by atoms with van der Waals surface area (Å²) < 4.78 is 1.81. The van der Waals surface area contributed by atoms with Gasteiger partial charge in [0, 0.05) is 36.8 Å². The van der Waals surface area contributed by atoms with Crippen LogP contribution in [0.5, 0.6) is 0 Å². The summed E-state index contributed by atoms with van der Waals surface area (Å²) in [5.41, 5.74) is 0.682. The maximum atomic E-state index is 12.1. The van der Waals surface area contributed by atoms with Crippen molar-refractivity contribution in [1.29, 1.82) is 0 Å². The Morgan fingerprint density at radius 3 is 2.92 bits per heavy atom. The minimum atomic E-state index is -0.345. The predicted molar refractivity (Wildman–Crippen MR) is 97.6 cm³/mol. The Balaban J connectivity index is 1.73. The fourth-order valence-electron chi connectivity index (χ4n) is 3.19. The third-order valence-electron chi connectivity index (χ3n) is 4.72. The molecule has 0 radical (unpaired) electrons. The van der Waals surface area contributed by atoms with Crippen molar-refractivity contribution in [3.05, 3.63) is 18.1 Å². The molecule has 0 aliphatic carbocycles. The van der Waals surface area contributed by atoms with Gasteiger partial charge >= 0.3 is 0 Å². The zero-order chi connectivity index (χ0) is 18.0. The number of anilines is 1. The molecule has 0 bridgehead atoms. The molecule has 25 heavy (non-hydrogen) atoms. The number of piperidine rings is 1. The number of nitrogens with one attached hydrogen (secondary N) is 1. The number of hydrogen-bond donors (Lipinski definition) is 1. The van der Waals surface area contributed by atoms with Gasteiger partial charge in [-0.05, 0) is 25.2 Å². The Kier molecular flexibility index (Phi) is 4.92. The molecule has 1 aliphatic rings. The number of carbonyl (C=O) groups excluding carboxylic acids is 1. The molecular formula is C18H28N6O. The number of nitrogens with zero attached hydrogens (tertiary/aromatic N) is 5. The third kappa shape index (κ3) is 3.91. The number of amides is 1. The van der Waals surface area contributed by atoms with E-state index in [-0.39, 0.29) is 11.3 Å². The first-order chi connectivity index (χ1) is 11.9. The van der Waals surface area contributed by atoms with Gasteiger partial charge in [-0.15, -0.1) is 0 Å². The Hall–Kier alpha value is -2.18. The average Bonchev–Trinajstić information content (AvgIpc) is 3.06. The van der Waals surface area contributed by atoms with Crippen LogP contribution in [-0.4, -0.2) is 45.1 Å². The molecule has 136 valence electrons. The highest BCUT2D eigenvalue weighted by Crippen LogP contribution is 2.24. The summed E-state index contributed by atoms with van der Waals surface area (Å²) in [6.07, 6.45) is 4.66. The fraction of sp³-hybridized carbons (Fsp3) is 0.667. The molecule has 2 aromatic rings. The van der Waals surface area contributed by atoms with Crippen LogP contribution in [0.25, 0.3) is 5.78 Å². The highest BCUT2D eigenvalue weighted by molar-refractivity contribution is 5.81. The maximum Gasteiger partial charge on any atom is 0.254 e. The van der Waals surface area contributed by atoms with E-state index in [9.17, 15) is 4.79 Å². The van der Waals surface area contributed by atoms with Crippen LogP contribution < -0.4 is 10.2 Å². The minimum absolute atomic E-state index is 0.112. The summed E-state index contributed by atoms with van der Waals surface area (Å²) in [5.74, 6) is 2.25. The first-order valence-electron chi connectivity index (χ1n) is 9.11. The summed E-state index contributed by atoms with van der Waals surface area (Å²) >= 11 is 0. The number of rotatable bonds is 4. The molecule has 1 aliphatic heterocycles. The lowest BCUT2D eigenvalue weighted by molar-refractivity contribution is -0.128. The highest BCUT2D eigenvalue weighted by atomic mass is 16.2. The summed E-state index contributed by atoms with van der Waals surface area (Å²) in [6, 6.07) is 2.11. The van der Waals surface area contributed by atoms with E-state index >= 15 is 0 Å². The van der Waals surface area contributed by atoms with Gasteiger partial charge in [-0.3, -0.25) is 4.79 Å². The van der Waals surface area contributed by atoms with Crippen LogP contribution in [0.15, 0.2) is 12.4 Å².